The highest BCUT2D eigenvalue weighted by atomic mass is 16.7. The zero-order valence-electron chi connectivity index (χ0n) is 14.3. The van der Waals surface area contributed by atoms with Crippen LogP contribution in [0.15, 0.2) is 6.07 Å². The largest absolute Gasteiger partial charge is 0.461 e. The number of hydrogen-bond donors (Lipinski definition) is 1. The lowest BCUT2D eigenvalue weighted by atomic mass is 9.82. The Kier molecular flexibility index (Phi) is 4.63. The molecular weight excluding hydrogens is 308 g/mol. The van der Waals surface area contributed by atoms with Crippen molar-refractivity contribution in [2.24, 2.45) is 0 Å². The number of fused-ring (bicyclic) bond motifs is 2. The molecule has 2 aliphatic rings. The number of benzene rings is 1. The van der Waals surface area contributed by atoms with Crippen LogP contribution in [0.3, 0.4) is 0 Å². The SMILES string of the molecule is CCCc1c2c(cc3c1OC(O)(C(=O)OCC)CC3=O)CCCC2. The van der Waals surface area contributed by atoms with E-state index in [-0.39, 0.29) is 12.4 Å². The average molecular weight is 332 g/mol. The average Bonchev–Trinajstić information content (AvgIpc) is 2.56. The third-order valence-corrected chi connectivity index (χ3v) is 4.78. The van der Waals surface area contributed by atoms with Gasteiger partial charge in [0.1, 0.15) is 5.75 Å². The molecule has 0 saturated heterocycles. The second kappa shape index (κ2) is 6.55. The number of rotatable bonds is 4. The van der Waals surface area contributed by atoms with Gasteiger partial charge in [-0.3, -0.25) is 4.79 Å². The lowest BCUT2D eigenvalue weighted by molar-refractivity contribution is -0.200. The van der Waals surface area contributed by atoms with Crippen molar-refractivity contribution in [3.8, 4) is 5.75 Å². The third kappa shape index (κ3) is 2.81. The van der Waals surface area contributed by atoms with E-state index < -0.39 is 18.2 Å². The number of carbonyl (C=O) groups is 2. The molecule has 5 heteroatoms. The minimum Gasteiger partial charge on any atom is -0.461 e. The maximum atomic E-state index is 12.6. The van der Waals surface area contributed by atoms with Crippen LogP contribution in [0.2, 0.25) is 0 Å². The molecule has 1 aliphatic carbocycles. The Morgan fingerprint density at radius 2 is 2.08 bits per heavy atom. The number of carbonyl (C=O) groups excluding carboxylic acids is 2. The molecule has 1 aliphatic heterocycles. The molecule has 5 nitrogen and oxygen atoms in total. The van der Waals surface area contributed by atoms with Crippen molar-refractivity contribution >= 4 is 11.8 Å². The molecule has 0 radical (unpaired) electrons. The summed E-state index contributed by atoms with van der Waals surface area (Å²) in [7, 11) is 0. The van der Waals surface area contributed by atoms with E-state index in [1.165, 1.54) is 11.1 Å². The van der Waals surface area contributed by atoms with Crippen LogP contribution >= 0.6 is 0 Å². The Hall–Kier alpha value is -1.88. The first-order chi connectivity index (χ1) is 11.5. The van der Waals surface area contributed by atoms with Crippen LogP contribution < -0.4 is 4.74 Å². The molecule has 0 aromatic heterocycles. The molecule has 0 amide bonds. The van der Waals surface area contributed by atoms with Crippen LogP contribution in [0.25, 0.3) is 0 Å². The van der Waals surface area contributed by atoms with E-state index in [4.69, 9.17) is 9.47 Å². The number of Topliss-reactive ketones (excluding diaryl/α,β-unsaturated/α-hetero) is 1. The summed E-state index contributed by atoms with van der Waals surface area (Å²) in [4.78, 5) is 24.7. The van der Waals surface area contributed by atoms with Gasteiger partial charge in [0.15, 0.2) is 5.78 Å². The molecule has 1 aromatic carbocycles. The van der Waals surface area contributed by atoms with Gasteiger partial charge in [0.05, 0.1) is 18.6 Å². The van der Waals surface area contributed by atoms with Crippen molar-refractivity contribution in [2.45, 2.75) is 64.6 Å². The number of aliphatic hydroxyl groups is 1. The first-order valence-electron chi connectivity index (χ1n) is 8.79. The molecule has 3 rings (SSSR count). The third-order valence-electron chi connectivity index (χ3n) is 4.78. The fourth-order valence-corrected chi connectivity index (χ4v) is 3.69. The van der Waals surface area contributed by atoms with Crippen LogP contribution in [0.4, 0.5) is 0 Å². The fourth-order valence-electron chi connectivity index (χ4n) is 3.69. The summed E-state index contributed by atoms with van der Waals surface area (Å²) in [6, 6.07) is 1.90. The number of hydrogen-bond acceptors (Lipinski definition) is 5. The summed E-state index contributed by atoms with van der Waals surface area (Å²) < 4.78 is 10.6. The van der Waals surface area contributed by atoms with Crippen LogP contribution in [0.1, 0.15) is 66.6 Å². The Bertz CT molecular complexity index is 679. The molecule has 0 fully saturated rings. The highest BCUT2D eigenvalue weighted by molar-refractivity contribution is 6.04. The van der Waals surface area contributed by atoms with E-state index in [1.54, 1.807) is 6.92 Å². The maximum absolute atomic E-state index is 12.6. The van der Waals surface area contributed by atoms with Gasteiger partial charge in [0.2, 0.25) is 0 Å². The molecule has 1 unspecified atom stereocenters. The van der Waals surface area contributed by atoms with Crippen molar-refractivity contribution in [3.05, 3.63) is 28.3 Å². The summed E-state index contributed by atoms with van der Waals surface area (Å²) in [5.41, 5.74) is 3.90. The monoisotopic (exact) mass is 332 g/mol. The first-order valence-corrected chi connectivity index (χ1v) is 8.79. The topological polar surface area (TPSA) is 72.8 Å². The van der Waals surface area contributed by atoms with Crippen LogP contribution in [0, 0.1) is 0 Å². The van der Waals surface area contributed by atoms with Crippen molar-refractivity contribution in [2.75, 3.05) is 6.61 Å². The van der Waals surface area contributed by atoms with Crippen LogP contribution in [-0.2, 0) is 28.8 Å². The molecule has 1 N–H and O–H groups in total. The van der Waals surface area contributed by atoms with E-state index in [0.717, 1.165) is 44.1 Å². The number of esters is 1. The first kappa shape index (κ1) is 17.0. The van der Waals surface area contributed by atoms with E-state index in [9.17, 15) is 14.7 Å². The van der Waals surface area contributed by atoms with Gasteiger partial charge in [-0.1, -0.05) is 13.3 Å². The second-order valence-corrected chi connectivity index (χ2v) is 6.53. The smallest absolute Gasteiger partial charge is 0.380 e. The maximum Gasteiger partial charge on any atom is 0.380 e. The Morgan fingerprint density at radius 3 is 2.79 bits per heavy atom. The predicted octanol–water partition coefficient (Wildman–Crippen LogP) is 2.73. The molecule has 0 bridgehead atoms. The lowest BCUT2D eigenvalue weighted by Gasteiger charge is -2.34. The Morgan fingerprint density at radius 1 is 1.33 bits per heavy atom. The number of aryl methyl sites for hydroxylation is 1. The quantitative estimate of drug-likeness (QED) is 0.858. The molecule has 1 heterocycles. The highest BCUT2D eigenvalue weighted by Crippen LogP contribution is 2.41. The van der Waals surface area contributed by atoms with Crippen molar-refractivity contribution in [3.63, 3.8) is 0 Å². The Balaban J connectivity index is 2.10. The molecule has 24 heavy (non-hydrogen) atoms. The Labute approximate surface area is 142 Å². The van der Waals surface area contributed by atoms with Gasteiger partial charge < -0.3 is 14.6 Å². The fraction of sp³-hybridized carbons (Fsp3) is 0.579. The van der Waals surface area contributed by atoms with Crippen molar-refractivity contribution in [1.82, 2.24) is 0 Å². The second-order valence-electron chi connectivity index (χ2n) is 6.53. The standard InChI is InChI=1S/C19H24O5/c1-3-7-14-13-9-6-5-8-12(13)10-15-16(20)11-19(22,24-17(14)15)18(21)23-4-2/h10,22H,3-9,11H2,1-2H3. The summed E-state index contributed by atoms with van der Waals surface area (Å²) in [5, 5.41) is 10.6. The summed E-state index contributed by atoms with van der Waals surface area (Å²) in [5.74, 6) is -3.00. The molecular formula is C19H24O5. The zero-order chi connectivity index (χ0) is 17.3. The van der Waals surface area contributed by atoms with Gasteiger partial charge in [0, 0.05) is 0 Å². The predicted molar refractivity (Wildman–Crippen MR) is 88.2 cm³/mol. The van der Waals surface area contributed by atoms with Crippen LogP contribution in [-0.4, -0.2) is 29.3 Å². The van der Waals surface area contributed by atoms with Gasteiger partial charge in [0.25, 0.3) is 0 Å². The van der Waals surface area contributed by atoms with Gasteiger partial charge in [-0.05, 0) is 61.8 Å². The van der Waals surface area contributed by atoms with Crippen LogP contribution in [0.5, 0.6) is 5.75 Å². The lowest BCUT2D eigenvalue weighted by Crippen LogP contribution is -2.50. The number of ether oxygens (including phenoxy) is 2. The molecule has 0 spiro atoms. The summed E-state index contributed by atoms with van der Waals surface area (Å²) in [6.45, 7) is 3.84. The minimum atomic E-state index is -2.22. The van der Waals surface area contributed by atoms with Gasteiger partial charge in [-0.25, -0.2) is 4.79 Å². The van der Waals surface area contributed by atoms with Gasteiger partial charge in [-0.2, -0.15) is 0 Å². The van der Waals surface area contributed by atoms with E-state index >= 15 is 0 Å². The molecule has 130 valence electrons. The minimum absolute atomic E-state index is 0.123. The van der Waals surface area contributed by atoms with E-state index in [0.29, 0.717) is 11.3 Å². The molecule has 1 atom stereocenters. The van der Waals surface area contributed by atoms with Gasteiger partial charge in [-0.15, -0.1) is 0 Å². The summed E-state index contributed by atoms with van der Waals surface area (Å²) >= 11 is 0. The van der Waals surface area contributed by atoms with Crippen molar-refractivity contribution in [1.29, 1.82) is 0 Å². The highest BCUT2D eigenvalue weighted by Gasteiger charge is 2.48. The van der Waals surface area contributed by atoms with Crippen molar-refractivity contribution < 1.29 is 24.2 Å². The molecule has 0 saturated carbocycles. The summed E-state index contributed by atoms with van der Waals surface area (Å²) in [6.07, 6.45) is 5.42. The van der Waals surface area contributed by atoms with E-state index in [2.05, 4.69) is 6.92 Å². The van der Waals surface area contributed by atoms with Gasteiger partial charge >= 0.3 is 11.8 Å². The molecule has 1 aromatic rings. The van der Waals surface area contributed by atoms with E-state index in [1.807, 2.05) is 6.07 Å². The zero-order valence-corrected chi connectivity index (χ0v) is 14.3. The number of ketones is 1. The normalized spacial score (nSPS) is 22.4.